The number of halogens is 2. The molecule has 2 atom stereocenters. The summed E-state index contributed by atoms with van der Waals surface area (Å²) in [4.78, 5) is 0. The first-order valence-corrected chi connectivity index (χ1v) is 12.3. The number of allylic oxidation sites excluding steroid dienone is 8. The standard InChI is InChI=1S/2C10H15.2BrH.Hf/c2*1-3-6-9(2)10-7-4-5-8-10;;;/h2*4,7,9H,3,5-6H2,1-2H3;2*1H;. The van der Waals surface area contributed by atoms with Crippen LogP contribution in [0.3, 0.4) is 0 Å². The molecule has 23 heavy (non-hydrogen) atoms. The fourth-order valence-corrected chi connectivity index (χ4v) is 9.87. The van der Waals surface area contributed by atoms with E-state index in [1.807, 2.05) is 6.66 Å². The Bertz CT molecular complexity index is 442. The number of rotatable bonds is 8. The van der Waals surface area contributed by atoms with Gasteiger partial charge in [0.1, 0.15) is 0 Å². The Kier molecular flexibility index (Phi) is 12.6. The first kappa shape index (κ1) is 23.8. The molecule has 0 saturated carbocycles. The molecule has 0 heterocycles. The van der Waals surface area contributed by atoms with Gasteiger partial charge in [-0.1, -0.05) is 0 Å². The van der Waals surface area contributed by atoms with Crippen molar-refractivity contribution in [2.75, 3.05) is 0 Å². The molecule has 0 saturated heterocycles. The minimum absolute atomic E-state index is 0. The molecule has 2 rings (SSSR count). The van der Waals surface area contributed by atoms with Crippen molar-refractivity contribution in [3.63, 3.8) is 0 Å². The Labute approximate surface area is 175 Å². The van der Waals surface area contributed by atoms with E-state index in [-0.39, 0.29) is 34.0 Å². The molecular formula is C20H32Br2Hf. The molecule has 0 spiro atoms. The van der Waals surface area contributed by atoms with Gasteiger partial charge >= 0.3 is 143 Å². The summed E-state index contributed by atoms with van der Waals surface area (Å²) in [5, 5.41) is 0. The topological polar surface area (TPSA) is 0 Å². The van der Waals surface area contributed by atoms with E-state index in [0.29, 0.717) is 0 Å². The summed E-state index contributed by atoms with van der Waals surface area (Å²) in [5.74, 6) is 1.56. The zero-order chi connectivity index (χ0) is 15.2. The van der Waals surface area contributed by atoms with Crippen LogP contribution in [0.4, 0.5) is 0 Å². The van der Waals surface area contributed by atoms with Gasteiger partial charge in [0.25, 0.3) is 0 Å². The molecule has 0 aromatic heterocycles. The molecule has 3 heteroatoms. The summed E-state index contributed by atoms with van der Waals surface area (Å²) < 4.78 is 3.77. The van der Waals surface area contributed by atoms with Gasteiger partial charge in [0.15, 0.2) is 0 Å². The molecule has 0 aliphatic heterocycles. The van der Waals surface area contributed by atoms with Gasteiger partial charge in [-0.3, -0.25) is 0 Å². The number of hydrogen-bond acceptors (Lipinski definition) is 0. The van der Waals surface area contributed by atoms with E-state index in [2.05, 4.69) is 52.0 Å². The molecule has 0 radical (unpaired) electrons. The zero-order valence-corrected chi connectivity index (χ0v) is 22.0. The third-order valence-electron chi connectivity index (χ3n) is 4.74. The Morgan fingerprint density at radius 3 is 1.57 bits per heavy atom. The van der Waals surface area contributed by atoms with Crippen LogP contribution in [0.25, 0.3) is 0 Å². The van der Waals surface area contributed by atoms with Crippen molar-refractivity contribution in [3.05, 3.63) is 42.1 Å². The quantitative estimate of drug-likeness (QED) is 0.250. The maximum absolute atomic E-state index is 2.45. The second-order valence-electron chi connectivity index (χ2n) is 6.59. The molecule has 0 fully saturated rings. The molecular weight excluding hydrogens is 579 g/mol. The van der Waals surface area contributed by atoms with Crippen molar-refractivity contribution in [3.8, 4) is 0 Å². The minimum atomic E-state index is -0.788. The Morgan fingerprint density at radius 2 is 1.22 bits per heavy atom. The molecule has 0 aromatic carbocycles. The van der Waals surface area contributed by atoms with E-state index in [0.717, 1.165) is 11.8 Å². The fourth-order valence-electron chi connectivity index (χ4n) is 3.57. The van der Waals surface area contributed by atoms with Crippen molar-refractivity contribution in [1.29, 1.82) is 0 Å². The Hall–Kier alpha value is 0.790. The van der Waals surface area contributed by atoms with Crippen molar-refractivity contribution in [2.24, 2.45) is 11.8 Å². The molecule has 0 bridgehead atoms. The normalized spacial score (nSPS) is 18.8. The van der Waals surface area contributed by atoms with Crippen LogP contribution >= 0.6 is 34.0 Å². The van der Waals surface area contributed by atoms with Crippen molar-refractivity contribution in [2.45, 2.75) is 66.2 Å². The third-order valence-corrected chi connectivity index (χ3v) is 10.5. The van der Waals surface area contributed by atoms with Crippen LogP contribution in [-0.4, -0.2) is 0 Å². The predicted molar refractivity (Wildman–Crippen MR) is 110 cm³/mol. The van der Waals surface area contributed by atoms with E-state index in [1.165, 1.54) is 38.5 Å². The van der Waals surface area contributed by atoms with Gasteiger partial charge in [0.2, 0.25) is 0 Å². The molecule has 2 unspecified atom stereocenters. The van der Waals surface area contributed by atoms with Crippen LogP contribution in [0.2, 0.25) is 0 Å². The summed E-state index contributed by atoms with van der Waals surface area (Å²) in [5.41, 5.74) is 3.45. The SMILES string of the molecule is Br.Br.CCCC(C)C1=[C]([Hf][C]2=C(C(C)CCC)C=CC2)CC=C1. The van der Waals surface area contributed by atoms with Crippen molar-refractivity contribution in [1.82, 2.24) is 0 Å². The molecule has 0 aromatic rings. The summed E-state index contributed by atoms with van der Waals surface area (Å²) in [6.45, 7) is 9.48. The van der Waals surface area contributed by atoms with E-state index < -0.39 is 22.9 Å². The maximum atomic E-state index is 2.45. The van der Waals surface area contributed by atoms with Crippen LogP contribution < -0.4 is 0 Å². The van der Waals surface area contributed by atoms with E-state index in [9.17, 15) is 0 Å². The number of hydrogen-bond donors (Lipinski definition) is 0. The summed E-state index contributed by atoms with van der Waals surface area (Å²) in [6.07, 6.45) is 17.6. The van der Waals surface area contributed by atoms with Gasteiger partial charge in [-0.25, -0.2) is 0 Å². The molecule has 130 valence electrons. The predicted octanol–water partition coefficient (Wildman–Crippen LogP) is 7.53. The average Bonchev–Trinajstić information content (AvgIpc) is 3.09. The van der Waals surface area contributed by atoms with E-state index in [4.69, 9.17) is 0 Å². The first-order chi connectivity index (χ1) is 10.2. The van der Waals surface area contributed by atoms with Gasteiger partial charge in [0.05, 0.1) is 0 Å². The van der Waals surface area contributed by atoms with Crippen LogP contribution in [-0.2, 0) is 22.9 Å². The van der Waals surface area contributed by atoms with Gasteiger partial charge in [-0.15, -0.1) is 34.0 Å². The average molecular weight is 611 g/mol. The zero-order valence-electron chi connectivity index (χ0n) is 15.0. The molecule has 2 aliphatic carbocycles. The van der Waals surface area contributed by atoms with Crippen molar-refractivity contribution < 1.29 is 22.9 Å². The van der Waals surface area contributed by atoms with Crippen LogP contribution in [0, 0.1) is 11.8 Å². The first-order valence-electron chi connectivity index (χ1n) is 8.73. The van der Waals surface area contributed by atoms with Gasteiger partial charge < -0.3 is 0 Å². The fraction of sp³-hybridized carbons (Fsp3) is 0.600. The van der Waals surface area contributed by atoms with Gasteiger partial charge in [-0.2, -0.15) is 0 Å². The third kappa shape index (κ3) is 6.55. The second kappa shape index (κ2) is 12.2. The molecule has 0 amide bonds. The molecule has 2 aliphatic rings. The summed E-state index contributed by atoms with van der Waals surface area (Å²) in [6, 6.07) is 0. The van der Waals surface area contributed by atoms with E-state index >= 15 is 0 Å². The summed E-state index contributed by atoms with van der Waals surface area (Å²) in [7, 11) is 0. The second-order valence-corrected chi connectivity index (χ2v) is 11.8. The van der Waals surface area contributed by atoms with Crippen LogP contribution in [0.5, 0.6) is 0 Å². The summed E-state index contributed by atoms with van der Waals surface area (Å²) >= 11 is -0.788. The Balaban J connectivity index is 0.00000242. The molecule has 0 N–H and O–H groups in total. The molecule has 0 nitrogen and oxygen atoms in total. The van der Waals surface area contributed by atoms with Crippen LogP contribution in [0.1, 0.15) is 66.2 Å². The monoisotopic (exact) mass is 610 g/mol. The van der Waals surface area contributed by atoms with Gasteiger partial charge in [0, 0.05) is 0 Å². The Morgan fingerprint density at radius 1 is 0.826 bits per heavy atom. The van der Waals surface area contributed by atoms with Gasteiger partial charge in [-0.05, 0) is 0 Å². The van der Waals surface area contributed by atoms with E-state index in [1.54, 1.807) is 11.1 Å². The van der Waals surface area contributed by atoms with Crippen LogP contribution in [0.15, 0.2) is 42.1 Å². The van der Waals surface area contributed by atoms with Crippen molar-refractivity contribution >= 4 is 34.0 Å².